The normalized spacial score (nSPS) is 21.3. The Morgan fingerprint density at radius 3 is 2.72 bits per heavy atom. The first kappa shape index (κ1) is 30.0. The maximum absolute atomic E-state index is 13.4. The number of aromatic nitrogens is 2. The predicted octanol–water partition coefficient (Wildman–Crippen LogP) is 2.65. The average molecular weight is 629 g/mol. The molecular weight excluding hydrogens is 600 g/mol. The number of nitrogens with zero attached hydrogens (tertiary/aromatic N) is 4. The van der Waals surface area contributed by atoms with E-state index < -0.39 is 47.4 Å². The number of nitrogen functional groups attached to an aromatic ring is 1. The van der Waals surface area contributed by atoms with Crippen LogP contribution in [0.3, 0.4) is 0 Å². The van der Waals surface area contributed by atoms with Gasteiger partial charge in [-0.25, -0.2) is 14.6 Å². The van der Waals surface area contributed by atoms with Crippen LogP contribution in [0.4, 0.5) is 9.93 Å². The molecule has 226 valence electrons. The van der Waals surface area contributed by atoms with Crippen LogP contribution in [0.2, 0.25) is 0 Å². The van der Waals surface area contributed by atoms with Gasteiger partial charge < -0.3 is 30.5 Å². The molecular formula is C27H28N6O8S2. The summed E-state index contributed by atoms with van der Waals surface area (Å²) in [5.74, 6) is -2.05. The zero-order valence-electron chi connectivity index (χ0n) is 22.9. The third-order valence-electron chi connectivity index (χ3n) is 6.82. The largest absolute Gasteiger partial charge is 0.511 e. The molecule has 1 aliphatic carbocycles. The summed E-state index contributed by atoms with van der Waals surface area (Å²) in [5, 5.41) is 15.9. The zero-order chi connectivity index (χ0) is 30.5. The second-order valence-corrected chi connectivity index (χ2v) is 11.7. The molecule has 3 aliphatic rings. The lowest BCUT2D eigenvalue weighted by molar-refractivity contribution is -0.169. The Bertz CT molecular complexity index is 1490. The highest BCUT2D eigenvalue weighted by atomic mass is 32.2. The van der Waals surface area contributed by atoms with Crippen molar-refractivity contribution in [1.29, 1.82) is 0 Å². The van der Waals surface area contributed by atoms with Gasteiger partial charge in [0.1, 0.15) is 28.9 Å². The Morgan fingerprint density at radius 2 is 2.05 bits per heavy atom. The number of allylic oxidation sites excluding steroid dienone is 1. The topological polar surface area (TPSA) is 196 Å². The summed E-state index contributed by atoms with van der Waals surface area (Å²) in [7, 11) is 0. The number of oxime groups is 1. The lowest BCUT2D eigenvalue weighted by Crippen LogP contribution is -2.71. The van der Waals surface area contributed by atoms with Crippen molar-refractivity contribution in [3.05, 3.63) is 58.5 Å². The fraction of sp³-hybridized carbons (Fsp3) is 0.370. The van der Waals surface area contributed by atoms with Crippen LogP contribution in [-0.4, -0.2) is 79.3 Å². The van der Waals surface area contributed by atoms with Gasteiger partial charge in [-0.2, -0.15) is 0 Å². The summed E-state index contributed by atoms with van der Waals surface area (Å²) in [6.45, 7) is 1.37. The number of esters is 1. The summed E-state index contributed by atoms with van der Waals surface area (Å²) in [5.41, 5.74) is 6.44. The molecule has 1 saturated carbocycles. The molecule has 2 fully saturated rings. The van der Waals surface area contributed by atoms with E-state index in [-0.39, 0.29) is 28.4 Å². The van der Waals surface area contributed by atoms with Gasteiger partial charge in [-0.3, -0.25) is 19.5 Å². The van der Waals surface area contributed by atoms with Crippen molar-refractivity contribution in [2.45, 2.75) is 56.4 Å². The van der Waals surface area contributed by atoms with E-state index in [1.807, 2.05) is 6.07 Å². The Labute approximate surface area is 254 Å². The molecule has 1 saturated heterocycles. The highest BCUT2D eigenvalue weighted by Crippen LogP contribution is 2.41. The maximum atomic E-state index is 13.4. The number of nitrogens with two attached hydrogens (primary N) is 1. The van der Waals surface area contributed by atoms with Crippen LogP contribution in [0.1, 0.15) is 43.9 Å². The predicted molar refractivity (Wildman–Crippen MR) is 156 cm³/mol. The van der Waals surface area contributed by atoms with Gasteiger partial charge in [0.2, 0.25) is 6.29 Å². The Morgan fingerprint density at radius 1 is 1.26 bits per heavy atom. The standard InChI is InChI=1S/C27H28N6O8S2/c1-14(40-27(37)41-17-6-2-3-7-17)39-25(36)21-16(9-8-15-5-4-10-29-11-15)12-42-24-20(23(35)33(21)24)31-22(34)19(32-38)18-13-43-26(28)30-18/h4-5,8-11,13-14,17,20,24,38H,2-3,6-7,12H2,1H3,(H2,28,30)(H,31,34)/b9-8-,32-19?/t14?,20-,24-/m1/s1. The number of hydrogen-bond acceptors (Lipinski definition) is 14. The van der Waals surface area contributed by atoms with Gasteiger partial charge in [0.25, 0.3) is 11.8 Å². The molecule has 2 aromatic rings. The summed E-state index contributed by atoms with van der Waals surface area (Å²) < 4.78 is 15.8. The minimum atomic E-state index is -1.30. The first-order valence-corrected chi connectivity index (χ1v) is 15.3. The van der Waals surface area contributed by atoms with E-state index in [9.17, 15) is 24.4 Å². The number of pyridine rings is 1. The van der Waals surface area contributed by atoms with Crippen LogP contribution in [-0.2, 0) is 28.6 Å². The second-order valence-electron chi connectivity index (χ2n) is 9.74. The minimum Gasteiger partial charge on any atom is -0.431 e. The summed E-state index contributed by atoms with van der Waals surface area (Å²) in [4.78, 5) is 61.1. The molecule has 3 atom stereocenters. The summed E-state index contributed by atoms with van der Waals surface area (Å²) >= 11 is 2.37. The highest BCUT2D eigenvalue weighted by molar-refractivity contribution is 8.00. The van der Waals surface area contributed by atoms with Gasteiger partial charge in [-0.1, -0.05) is 23.4 Å². The number of rotatable bonds is 9. The number of anilines is 1. The number of thiazole rings is 1. The first-order valence-electron chi connectivity index (χ1n) is 13.3. The van der Waals surface area contributed by atoms with E-state index in [2.05, 4.69) is 20.4 Å². The molecule has 0 aromatic carbocycles. The minimum absolute atomic E-state index is 0.0508. The monoisotopic (exact) mass is 628 g/mol. The van der Waals surface area contributed by atoms with Crippen molar-refractivity contribution in [3.8, 4) is 0 Å². The quantitative estimate of drug-likeness (QED) is 0.0919. The van der Waals surface area contributed by atoms with Crippen molar-refractivity contribution in [2.75, 3.05) is 11.5 Å². The molecule has 0 bridgehead atoms. The smallest absolute Gasteiger partial charge is 0.431 e. The molecule has 2 amide bonds. The van der Waals surface area contributed by atoms with E-state index >= 15 is 0 Å². The number of amides is 2. The number of fused-ring (bicyclic) bond motifs is 1. The van der Waals surface area contributed by atoms with Crippen molar-refractivity contribution in [2.24, 2.45) is 5.16 Å². The lowest BCUT2D eigenvalue weighted by atomic mass is 10.0. The van der Waals surface area contributed by atoms with E-state index in [4.69, 9.17) is 19.9 Å². The molecule has 4 heterocycles. The molecule has 2 aliphatic heterocycles. The number of nitrogens with one attached hydrogen (secondary N) is 1. The number of thioether (sulfide) groups is 1. The molecule has 16 heteroatoms. The molecule has 14 nitrogen and oxygen atoms in total. The first-order chi connectivity index (χ1) is 20.7. The fourth-order valence-corrected chi connectivity index (χ4v) is 6.65. The van der Waals surface area contributed by atoms with Crippen molar-refractivity contribution < 1.29 is 38.6 Å². The van der Waals surface area contributed by atoms with E-state index in [1.165, 1.54) is 29.0 Å². The van der Waals surface area contributed by atoms with Gasteiger partial charge in [-0.15, -0.1) is 23.1 Å². The Hall–Kier alpha value is -4.44. The molecule has 0 radical (unpaired) electrons. The Balaban J connectivity index is 1.32. The van der Waals surface area contributed by atoms with Gasteiger partial charge >= 0.3 is 12.1 Å². The van der Waals surface area contributed by atoms with Crippen molar-refractivity contribution >= 4 is 64.0 Å². The maximum Gasteiger partial charge on any atom is 0.511 e. The van der Waals surface area contributed by atoms with Crippen LogP contribution in [0.15, 0.2) is 52.4 Å². The van der Waals surface area contributed by atoms with Crippen LogP contribution in [0, 0.1) is 0 Å². The van der Waals surface area contributed by atoms with Gasteiger partial charge in [0.15, 0.2) is 10.8 Å². The molecule has 1 unspecified atom stereocenters. The molecule has 43 heavy (non-hydrogen) atoms. The lowest BCUT2D eigenvalue weighted by Gasteiger charge is -2.49. The molecule has 2 aromatic heterocycles. The highest BCUT2D eigenvalue weighted by Gasteiger charge is 2.54. The van der Waals surface area contributed by atoms with Crippen LogP contribution in [0.25, 0.3) is 6.08 Å². The van der Waals surface area contributed by atoms with E-state index in [0.29, 0.717) is 5.57 Å². The number of carbonyl (C=O) groups is 4. The van der Waals surface area contributed by atoms with E-state index in [1.54, 1.807) is 30.6 Å². The number of β-lactam (4-membered cyclic amide) rings is 1. The second kappa shape index (κ2) is 13.2. The molecule has 5 rings (SSSR count). The zero-order valence-corrected chi connectivity index (χ0v) is 24.5. The SMILES string of the molecule is CC(OC(=O)OC1CCCC1)OC(=O)C1=C(/C=C\c2cccnc2)CS[C@@H]2[C@H](NC(=O)C(=NO)c3csc(N)n3)C(=O)N12. The van der Waals surface area contributed by atoms with Crippen LogP contribution in [0.5, 0.6) is 0 Å². The van der Waals surface area contributed by atoms with Gasteiger partial charge in [-0.05, 0) is 42.9 Å². The Kier molecular flexibility index (Phi) is 9.25. The summed E-state index contributed by atoms with van der Waals surface area (Å²) in [6, 6.07) is 2.55. The third-order valence-corrected chi connectivity index (χ3v) is 8.80. The molecule has 0 spiro atoms. The number of carbonyl (C=O) groups excluding carboxylic acids is 4. The van der Waals surface area contributed by atoms with Crippen LogP contribution < -0.4 is 11.1 Å². The molecule has 4 N–H and O–H groups in total. The fourth-order valence-electron chi connectivity index (χ4n) is 4.79. The summed E-state index contributed by atoms with van der Waals surface area (Å²) in [6.07, 6.45) is 7.63. The van der Waals surface area contributed by atoms with Gasteiger partial charge in [0, 0.05) is 30.5 Å². The third kappa shape index (κ3) is 6.80. The number of hydrogen-bond donors (Lipinski definition) is 3. The van der Waals surface area contributed by atoms with Crippen LogP contribution >= 0.6 is 23.1 Å². The van der Waals surface area contributed by atoms with Crippen molar-refractivity contribution in [1.82, 2.24) is 20.2 Å². The average Bonchev–Trinajstić information content (AvgIpc) is 3.66. The number of ether oxygens (including phenoxy) is 3. The van der Waals surface area contributed by atoms with E-state index in [0.717, 1.165) is 42.6 Å². The van der Waals surface area contributed by atoms with Gasteiger partial charge in [0.05, 0.1) is 0 Å². The van der Waals surface area contributed by atoms with Crippen molar-refractivity contribution in [3.63, 3.8) is 0 Å².